The van der Waals surface area contributed by atoms with Gasteiger partial charge in [-0.3, -0.25) is 0 Å². The lowest BCUT2D eigenvalue weighted by Crippen LogP contribution is -2.17. The average Bonchev–Trinajstić information content (AvgIpc) is 2.50. The monoisotopic (exact) mass is 247 g/mol. The van der Waals surface area contributed by atoms with E-state index in [4.69, 9.17) is 16.3 Å². The lowest BCUT2D eigenvalue weighted by atomic mass is 10.3. The van der Waals surface area contributed by atoms with E-state index in [1.165, 1.54) is 6.20 Å². The maximum absolute atomic E-state index is 11.2. The van der Waals surface area contributed by atoms with Crippen molar-refractivity contribution in [2.45, 2.75) is 12.5 Å². The van der Waals surface area contributed by atoms with Gasteiger partial charge in [0, 0.05) is 0 Å². The Morgan fingerprint density at radius 2 is 2.27 bits per heavy atom. The van der Waals surface area contributed by atoms with Gasteiger partial charge in [-0.15, -0.1) is 0 Å². The van der Waals surface area contributed by atoms with Gasteiger partial charge in [-0.05, 0) is 18.6 Å². The van der Waals surface area contributed by atoms with Crippen LogP contribution in [-0.4, -0.2) is 31.0 Å². The van der Waals surface area contributed by atoms with Crippen molar-refractivity contribution in [2.24, 2.45) is 0 Å². The van der Waals surface area contributed by atoms with E-state index >= 15 is 0 Å². The normalized spacial score (nSPS) is 23.9. The Hall–Kier alpha value is -0.810. The third-order valence-electron chi connectivity index (χ3n) is 2.19. The first-order chi connectivity index (χ1) is 7.05. The van der Waals surface area contributed by atoms with Crippen molar-refractivity contribution in [1.82, 2.24) is 4.98 Å². The molecule has 1 saturated heterocycles. The summed E-state index contributed by atoms with van der Waals surface area (Å²) in [6.45, 7) is 0. The van der Waals surface area contributed by atoms with Crippen molar-refractivity contribution in [3.63, 3.8) is 0 Å². The van der Waals surface area contributed by atoms with Gasteiger partial charge in [0.15, 0.2) is 9.84 Å². The van der Waals surface area contributed by atoms with Crippen molar-refractivity contribution in [3.05, 3.63) is 23.5 Å². The predicted molar refractivity (Wildman–Crippen MR) is 56.9 cm³/mol. The Morgan fingerprint density at radius 3 is 2.80 bits per heavy atom. The van der Waals surface area contributed by atoms with Gasteiger partial charge in [-0.1, -0.05) is 11.6 Å². The van der Waals surface area contributed by atoms with Crippen molar-refractivity contribution in [2.75, 3.05) is 11.5 Å². The molecule has 0 aliphatic carbocycles. The molecule has 0 radical (unpaired) electrons. The highest BCUT2D eigenvalue weighted by atomic mass is 35.5. The zero-order valence-electron chi connectivity index (χ0n) is 7.89. The summed E-state index contributed by atoms with van der Waals surface area (Å²) in [5, 5.41) is 0.390. The second kappa shape index (κ2) is 3.98. The quantitative estimate of drug-likeness (QED) is 0.740. The Morgan fingerprint density at radius 1 is 1.47 bits per heavy atom. The molecule has 0 amide bonds. The molecule has 1 aromatic heterocycles. The first-order valence-corrected chi connectivity index (χ1v) is 6.74. The Balaban J connectivity index is 2.02. The van der Waals surface area contributed by atoms with E-state index in [1.807, 2.05) is 0 Å². The number of hydrogen-bond donors (Lipinski definition) is 0. The molecule has 1 unspecified atom stereocenters. The molecule has 1 aliphatic rings. The third kappa shape index (κ3) is 2.82. The van der Waals surface area contributed by atoms with E-state index in [9.17, 15) is 8.42 Å². The summed E-state index contributed by atoms with van der Waals surface area (Å²) in [4.78, 5) is 3.85. The minimum atomic E-state index is -2.90. The molecule has 1 fully saturated rings. The highest BCUT2D eigenvalue weighted by Crippen LogP contribution is 2.19. The van der Waals surface area contributed by atoms with Crippen LogP contribution in [0.4, 0.5) is 0 Å². The third-order valence-corrected chi connectivity index (χ3v) is 4.15. The van der Waals surface area contributed by atoms with Gasteiger partial charge in [0.05, 0.1) is 17.7 Å². The van der Waals surface area contributed by atoms with E-state index < -0.39 is 9.84 Å². The Labute approximate surface area is 93.1 Å². The summed E-state index contributed by atoms with van der Waals surface area (Å²) >= 11 is 5.61. The number of rotatable bonds is 2. The topological polar surface area (TPSA) is 56.3 Å². The Kier molecular flexibility index (Phi) is 2.84. The van der Waals surface area contributed by atoms with Crippen LogP contribution in [0.3, 0.4) is 0 Å². The smallest absolute Gasteiger partial charge is 0.154 e. The molecule has 82 valence electrons. The molecular weight excluding hydrogens is 238 g/mol. The SMILES string of the molecule is O=S1(=O)CCC(Oc2ccc(Cl)nc2)C1. The van der Waals surface area contributed by atoms with E-state index in [-0.39, 0.29) is 17.6 Å². The van der Waals surface area contributed by atoms with Crippen LogP contribution < -0.4 is 4.74 Å². The number of sulfone groups is 1. The van der Waals surface area contributed by atoms with Crippen LogP contribution in [0.15, 0.2) is 18.3 Å². The van der Waals surface area contributed by atoms with Crippen LogP contribution in [0.25, 0.3) is 0 Å². The van der Waals surface area contributed by atoms with Crippen molar-refractivity contribution in [1.29, 1.82) is 0 Å². The van der Waals surface area contributed by atoms with Gasteiger partial charge in [0.25, 0.3) is 0 Å². The van der Waals surface area contributed by atoms with Gasteiger partial charge in [0.2, 0.25) is 0 Å². The zero-order valence-corrected chi connectivity index (χ0v) is 9.46. The maximum Gasteiger partial charge on any atom is 0.154 e. The highest BCUT2D eigenvalue weighted by molar-refractivity contribution is 7.91. The minimum Gasteiger partial charge on any atom is -0.488 e. The fourth-order valence-electron chi connectivity index (χ4n) is 1.48. The molecule has 1 aromatic rings. The molecule has 2 rings (SSSR count). The minimum absolute atomic E-state index is 0.0929. The fourth-order valence-corrected chi connectivity index (χ4v) is 3.18. The lowest BCUT2D eigenvalue weighted by molar-refractivity contribution is 0.228. The average molecular weight is 248 g/mol. The van der Waals surface area contributed by atoms with Crippen LogP contribution >= 0.6 is 11.6 Å². The standard InChI is InChI=1S/C9H10ClNO3S/c10-9-2-1-7(5-11-9)14-8-3-4-15(12,13)6-8/h1-2,5,8H,3-4,6H2. The van der Waals surface area contributed by atoms with Crippen molar-refractivity contribution in [3.8, 4) is 5.75 Å². The molecule has 0 bridgehead atoms. The first-order valence-electron chi connectivity index (χ1n) is 4.54. The molecule has 6 heteroatoms. The second-order valence-corrected chi connectivity index (χ2v) is 6.08. The number of ether oxygens (including phenoxy) is 1. The number of nitrogens with zero attached hydrogens (tertiary/aromatic N) is 1. The van der Waals surface area contributed by atoms with Crippen LogP contribution in [0.5, 0.6) is 5.75 Å². The molecule has 0 N–H and O–H groups in total. The molecular formula is C9H10ClNO3S. The predicted octanol–water partition coefficient (Wildman–Crippen LogP) is 1.30. The molecule has 1 atom stereocenters. The van der Waals surface area contributed by atoms with Crippen molar-refractivity contribution < 1.29 is 13.2 Å². The number of halogens is 1. The zero-order chi connectivity index (χ0) is 10.9. The van der Waals surface area contributed by atoms with E-state index in [1.54, 1.807) is 12.1 Å². The fraction of sp³-hybridized carbons (Fsp3) is 0.444. The van der Waals surface area contributed by atoms with Gasteiger partial charge in [-0.25, -0.2) is 13.4 Å². The van der Waals surface area contributed by atoms with E-state index in [0.29, 0.717) is 17.3 Å². The Bertz CT molecular complexity index is 443. The number of pyridine rings is 1. The van der Waals surface area contributed by atoms with Crippen LogP contribution in [0.1, 0.15) is 6.42 Å². The summed E-state index contributed by atoms with van der Waals surface area (Å²) < 4.78 is 27.8. The van der Waals surface area contributed by atoms with E-state index in [0.717, 1.165) is 0 Å². The first kappa shape index (κ1) is 10.7. The van der Waals surface area contributed by atoms with Crippen LogP contribution in [0, 0.1) is 0 Å². The molecule has 15 heavy (non-hydrogen) atoms. The molecule has 1 aliphatic heterocycles. The van der Waals surface area contributed by atoms with Crippen LogP contribution in [-0.2, 0) is 9.84 Å². The lowest BCUT2D eigenvalue weighted by Gasteiger charge is -2.10. The highest BCUT2D eigenvalue weighted by Gasteiger charge is 2.29. The molecule has 2 heterocycles. The second-order valence-electron chi connectivity index (χ2n) is 3.46. The van der Waals surface area contributed by atoms with Gasteiger partial charge < -0.3 is 4.74 Å². The summed E-state index contributed by atoms with van der Waals surface area (Å²) in [5.74, 6) is 0.857. The summed E-state index contributed by atoms with van der Waals surface area (Å²) in [5.41, 5.74) is 0. The van der Waals surface area contributed by atoms with Gasteiger partial charge >= 0.3 is 0 Å². The molecule has 0 saturated carbocycles. The number of hydrogen-bond acceptors (Lipinski definition) is 4. The number of aromatic nitrogens is 1. The largest absolute Gasteiger partial charge is 0.488 e. The summed E-state index contributed by atoms with van der Waals surface area (Å²) in [7, 11) is -2.90. The molecule has 0 spiro atoms. The van der Waals surface area contributed by atoms with E-state index in [2.05, 4.69) is 4.98 Å². The van der Waals surface area contributed by atoms with Crippen molar-refractivity contribution >= 4 is 21.4 Å². The summed E-state index contributed by atoms with van der Waals surface area (Å²) in [6.07, 6.45) is 1.79. The van der Waals surface area contributed by atoms with Crippen LogP contribution in [0.2, 0.25) is 5.15 Å². The molecule has 0 aromatic carbocycles. The van der Waals surface area contributed by atoms with Gasteiger partial charge in [0.1, 0.15) is 17.0 Å². The van der Waals surface area contributed by atoms with Gasteiger partial charge in [-0.2, -0.15) is 0 Å². The maximum atomic E-state index is 11.2. The molecule has 4 nitrogen and oxygen atoms in total. The summed E-state index contributed by atoms with van der Waals surface area (Å²) in [6, 6.07) is 3.29.